The first-order valence-corrected chi connectivity index (χ1v) is 10.8. The summed E-state index contributed by atoms with van der Waals surface area (Å²) in [6, 6.07) is 20.1. The van der Waals surface area contributed by atoms with E-state index in [1.807, 2.05) is 6.07 Å². The van der Waals surface area contributed by atoms with Gasteiger partial charge in [0.2, 0.25) is 0 Å². The average molecular weight is 431 g/mol. The van der Waals surface area contributed by atoms with Gasteiger partial charge in [-0.15, -0.1) is 0 Å². The van der Waals surface area contributed by atoms with E-state index in [2.05, 4.69) is 19.9 Å². The SMILES string of the molecule is CCCc1ccc(C(=O)Oc2cccc(C(=O)OC(=O)c3ccccc3)c2)c(CCC)c1. The number of carbonyl (C=O) groups is 3. The van der Waals surface area contributed by atoms with Crippen molar-refractivity contribution in [3.8, 4) is 5.75 Å². The van der Waals surface area contributed by atoms with Gasteiger partial charge in [-0.1, -0.05) is 63.1 Å². The fourth-order valence-electron chi connectivity index (χ4n) is 3.39. The van der Waals surface area contributed by atoms with Gasteiger partial charge < -0.3 is 9.47 Å². The summed E-state index contributed by atoms with van der Waals surface area (Å²) in [5.41, 5.74) is 3.05. The zero-order chi connectivity index (χ0) is 22.9. The summed E-state index contributed by atoms with van der Waals surface area (Å²) in [7, 11) is 0. The number of esters is 3. The standard InChI is InChI=1S/C27H26O5/c1-3-9-19-15-16-24(21(17-19)10-4-2)27(30)31-23-14-8-13-22(18-23)26(29)32-25(28)20-11-6-5-7-12-20/h5-8,11-18H,3-4,9-10H2,1-2H3. The lowest BCUT2D eigenvalue weighted by molar-refractivity contribution is 0.0396. The summed E-state index contributed by atoms with van der Waals surface area (Å²) in [5, 5.41) is 0. The predicted molar refractivity (Wildman–Crippen MR) is 122 cm³/mol. The predicted octanol–water partition coefficient (Wildman–Crippen LogP) is 5.81. The molecule has 3 aromatic rings. The summed E-state index contributed by atoms with van der Waals surface area (Å²) >= 11 is 0. The smallest absolute Gasteiger partial charge is 0.346 e. The van der Waals surface area contributed by atoms with Crippen molar-refractivity contribution in [3.63, 3.8) is 0 Å². The molecule has 0 saturated carbocycles. The molecule has 32 heavy (non-hydrogen) atoms. The molecule has 0 spiro atoms. The van der Waals surface area contributed by atoms with Crippen LogP contribution in [-0.4, -0.2) is 17.9 Å². The highest BCUT2D eigenvalue weighted by Gasteiger charge is 2.18. The van der Waals surface area contributed by atoms with Gasteiger partial charge in [-0.05, 0) is 60.4 Å². The van der Waals surface area contributed by atoms with Crippen LogP contribution in [0, 0.1) is 0 Å². The van der Waals surface area contributed by atoms with Gasteiger partial charge in [-0.25, -0.2) is 14.4 Å². The van der Waals surface area contributed by atoms with Crippen LogP contribution in [0.3, 0.4) is 0 Å². The van der Waals surface area contributed by atoms with Gasteiger partial charge >= 0.3 is 17.9 Å². The van der Waals surface area contributed by atoms with Crippen molar-refractivity contribution in [1.29, 1.82) is 0 Å². The van der Waals surface area contributed by atoms with Gasteiger partial charge in [0, 0.05) is 0 Å². The Morgan fingerprint density at radius 3 is 2.09 bits per heavy atom. The maximum atomic E-state index is 12.8. The van der Waals surface area contributed by atoms with Crippen LogP contribution in [-0.2, 0) is 17.6 Å². The summed E-state index contributed by atoms with van der Waals surface area (Å²) in [4.78, 5) is 37.3. The minimum Gasteiger partial charge on any atom is -0.423 e. The molecule has 0 saturated heterocycles. The van der Waals surface area contributed by atoms with E-state index in [9.17, 15) is 14.4 Å². The minimum atomic E-state index is -0.813. The molecule has 0 heterocycles. The Bertz CT molecular complexity index is 1100. The molecule has 0 amide bonds. The molecule has 0 aliphatic carbocycles. The van der Waals surface area contributed by atoms with Gasteiger partial charge in [-0.3, -0.25) is 0 Å². The van der Waals surface area contributed by atoms with Crippen LogP contribution in [0.5, 0.6) is 5.75 Å². The van der Waals surface area contributed by atoms with Gasteiger partial charge in [0.15, 0.2) is 0 Å². The van der Waals surface area contributed by atoms with Crippen molar-refractivity contribution >= 4 is 17.9 Å². The maximum Gasteiger partial charge on any atom is 0.346 e. The van der Waals surface area contributed by atoms with E-state index >= 15 is 0 Å². The van der Waals surface area contributed by atoms with E-state index in [0.717, 1.165) is 31.2 Å². The van der Waals surface area contributed by atoms with Crippen LogP contribution < -0.4 is 4.74 Å². The molecule has 3 rings (SSSR count). The molecule has 0 bridgehead atoms. The van der Waals surface area contributed by atoms with Crippen molar-refractivity contribution in [2.45, 2.75) is 39.5 Å². The first-order chi connectivity index (χ1) is 15.5. The van der Waals surface area contributed by atoms with E-state index in [1.165, 1.54) is 17.7 Å². The Kier molecular flexibility index (Phi) is 7.92. The lowest BCUT2D eigenvalue weighted by Crippen LogP contribution is -2.14. The van der Waals surface area contributed by atoms with E-state index in [0.29, 0.717) is 5.56 Å². The quantitative estimate of drug-likeness (QED) is 0.256. The first-order valence-electron chi connectivity index (χ1n) is 10.8. The Labute approximate surface area is 188 Å². The summed E-state index contributed by atoms with van der Waals surface area (Å²) in [5.74, 6) is -1.83. The van der Waals surface area contributed by atoms with Crippen LogP contribution >= 0.6 is 0 Å². The Morgan fingerprint density at radius 2 is 1.38 bits per heavy atom. The van der Waals surface area contributed by atoms with E-state index < -0.39 is 17.9 Å². The molecule has 5 heteroatoms. The van der Waals surface area contributed by atoms with Crippen molar-refractivity contribution in [2.24, 2.45) is 0 Å². The Morgan fingerprint density at radius 1 is 0.688 bits per heavy atom. The summed E-state index contributed by atoms with van der Waals surface area (Å²) in [6.07, 6.45) is 3.67. The third kappa shape index (κ3) is 5.91. The van der Waals surface area contributed by atoms with E-state index in [4.69, 9.17) is 9.47 Å². The topological polar surface area (TPSA) is 69.7 Å². The third-order valence-electron chi connectivity index (χ3n) is 4.92. The molecule has 0 aromatic heterocycles. The molecule has 0 radical (unpaired) electrons. The molecule has 5 nitrogen and oxygen atoms in total. The fourth-order valence-corrected chi connectivity index (χ4v) is 3.39. The highest BCUT2D eigenvalue weighted by molar-refractivity contribution is 6.02. The number of hydrogen-bond donors (Lipinski definition) is 0. The second-order valence-electron chi connectivity index (χ2n) is 7.45. The fraction of sp³-hybridized carbons (Fsp3) is 0.222. The molecular weight excluding hydrogens is 404 g/mol. The van der Waals surface area contributed by atoms with Crippen LogP contribution in [0.4, 0.5) is 0 Å². The molecule has 0 fully saturated rings. The molecule has 0 aliphatic heterocycles. The molecule has 0 unspecified atom stereocenters. The van der Waals surface area contributed by atoms with Gasteiger partial charge in [-0.2, -0.15) is 0 Å². The highest BCUT2D eigenvalue weighted by atomic mass is 16.6. The van der Waals surface area contributed by atoms with Gasteiger partial charge in [0.1, 0.15) is 5.75 Å². The molecule has 3 aromatic carbocycles. The third-order valence-corrected chi connectivity index (χ3v) is 4.92. The number of carbonyl (C=O) groups excluding carboxylic acids is 3. The number of rotatable bonds is 8. The van der Waals surface area contributed by atoms with E-state index in [-0.39, 0.29) is 16.9 Å². The van der Waals surface area contributed by atoms with Gasteiger partial charge in [0.25, 0.3) is 0 Å². The van der Waals surface area contributed by atoms with Crippen LogP contribution in [0.2, 0.25) is 0 Å². The summed E-state index contributed by atoms with van der Waals surface area (Å²) in [6.45, 7) is 4.18. The van der Waals surface area contributed by atoms with Crippen molar-refractivity contribution in [1.82, 2.24) is 0 Å². The number of hydrogen-bond acceptors (Lipinski definition) is 5. The zero-order valence-corrected chi connectivity index (χ0v) is 18.3. The molecule has 164 valence electrons. The van der Waals surface area contributed by atoms with Crippen LogP contribution in [0.25, 0.3) is 0 Å². The number of benzene rings is 3. The van der Waals surface area contributed by atoms with Crippen molar-refractivity contribution in [2.75, 3.05) is 0 Å². The van der Waals surface area contributed by atoms with E-state index in [1.54, 1.807) is 48.5 Å². The molecule has 0 aliphatic rings. The summed E-state index contributed by atoms with van der Waals surface area (Å²) < 4.78 is 10.5. The average Bonchev–Trinajstić information content (AvgIpc) is 2.80. The normalized spacial score (nSPS) is 10.4. The Hall–Kier alpha value is -3.73. The largest absolute Gasteiger partial charge is 0.423 e. The highest BCUT2D eigenvalue weighted by Crippen LogP contribution is 2.20. The molecule has 0 atom stereocenters. The molecule has 0 N–H and O–H groups in total. The second-order valence-corrected chi connectivity index (χ2v) is 7.45. The maximum absolute atomic E-state index is 12.8. The Balaban J connectivity index is 1.73. The van der Waals surface area contributed by atoms with Crippen LogP contribution in [0.1, 0.15) is 68.9 Å². The zero-order valence-electron chi connectivity index (χ0n) is 18.3. The lowest BCUT2D eigenvalue weighted by atomic mass is 9.98. The minimum absolute atomic E-state index is 0.117. The van der Waals surface area contributed by atoms with Crippen molar-refractivity contribution in [3.05, 3.63) is 101 Å². The molecular formula is C27H26O5. The van der Waals surface area contributed by atoms with Crippen molar-refractivity contribution < 1.29 is 23.9 Å². The first kappa shape index (κ1) is 22.9. The monoisotopic (exact) mass is 430 g/mol. The van der Waals surface area contributed by atoms with Crippen LogP contribution in [0.15, 0.2) is 72.8 Å². The number of ether oxygens (including phenoxy) is 2. The lowest BCUT2D eigenvalue weighted by Gasteiger charge is -2.11. The number of aryl methyl sites for hydroxylation is 2. The second kappa shape index (κ2) is 11.0. The van der Waals surface area contributed by atoms with Gasteiger partial charge in [0.05, 0.1) is 16.7 Å².